The fourth-order valence-corrected chi connectivity index (χ4v) is 5.20. The summed E-state index contributed by atoms with van der Waals surface area (Å²) in [6.45, 7) is -0.166. The van der Waals surface area contributed by atoms with E-state index in [1.54, 1.807) is 24.3 Å². The smallest absolute Gasteiger partial charge is 0.277 e. The molecule has 4 N–H and O–H groups in total. The van der Waals surface area contributed by atoms with Crippen LogP contribution in [0.2, 0.25) is 0 Å². The highest BCUT2D eigenvalue weighted by molar-refractivity contribution is 6.05. The summed E-state index contributed by atoms with van der Waals surface area (Å²) in [5.41, 5.74) is 4.30. The lowest BCUT2D eigenvalue weighted by Gasteiger charge is -2.23. The van der Waals surface area contributed by atoms with Gasteiger partial charge in [-0.3, -0.25) is 39.4 Å². The Bertz CT molecular complexity index is 1510. The van der Waals surface area contributed by atoms with Crippen molar-refractivity contribution in [1.29, 1.82) is 0 Å². The first-order valence-corrected chi connectivity index (χ1v) is 12.4. The average Bonchev–Trinajstić information content (AvgIpc) is 3.67. The average molecular weight is 565 g/mol. The number of nitro groups is 2. The Kier molecular flexibility index (Phi) is 6.82. The maximum atomic E-state index is 13.4. The van der Waals surface area contributed by atoms with Crippen LogP contribution < -0.4 is 16.4 Å². The molecule has 3 aliphatic rings. The van der Waals surface area contributed by atoms with Crippen molar-refractivity contribution in [3.05, 3.63) is 73.8 Å². The van der Waals surface area contributed by atoms with Gasteiger partial charge in [-0.15, -0.1) is 0 Å². The van der Waals surface area contributed by atoms with E-state index < -0.39 is 50.7 Å². The third-order valence-corrected chi connectivity index (χ3v) is 7.17. The lowest BCUT2D eigenvalue weighted by Crippen LogP contribution is -2.44. The molecule has 1 unspecified atom stereocenters. The maximum Gasteiger partial charge on any atom is 0.277 e. The van der Waals surface area contributed by atoms with Crippen molar-refractivity contribution in [2.75, 3.05) is 11.9 Å². The predicted octanol–water partition coefficient (Wildman–Crippen LogP) is 0.983. The number of carbonyl (C=O) groups is 4. The first-order valence-electron chi connectivity index (χ1n) is 12.4. The zero-order valence-corrected chi connectivity index (χ0v) is 21.3. The van der Waals surface area contributed by atoms with E-state index in [2.05, 4.69) is 15.8 Å². The summed E-state index contributed by atoms with van der Waals surface area (Å²) in [7, 11) is 0. The lowest BCUT2D eigenvalue weighted by molar-refractivity contribution is -0.394. The molecule has 0 saturated carbocycles. The molecule has 41 heavy (non-hydrogen) atoms. The third-order valence-electron chi connectivity index (χ3n) is 7.17. The first kappa shape index (κ1) is 27.2. The highest BCUT2D eigenvalue weighted by Crippen LogP contribution is 2.40. The number of benzene rings is 2. The van der Waals surface area contributed by atoms with Gasteiger partial charge in [0.1, 0.15) is 12.1 Å². The quantitative estimate of drug-likeness (QED) is 0.320. The van der Waals surface area contributed by atoms with Crippen LogP contribution in [0, 0.1) is 20.2 Å². The number of hydrogen-bond acceptors (Lipinski definition) is 10. The Balaban J connectivity index is 1.34. The molecule has 0 aliphatic carbocycles. The van der Waals surface area contributed by atoms with Gasteiger partial charge in [0.05, 0.1) is 33.7 Å². The van der Waals surface area contributed by atoms with Crippen molar-refractivity contribution in [2.24, 2.45) is 10.9 Å². The van der Waals surface area contributed by atoms with Crippen LogP contribution in [0.3, 0.4) is 0 Å². The van der Waals surface area contributed by atoms with Crippen molar-refractivity contribution >= 4 is 46.4 Å². The summed E-state index contributed by atoms with van der Waals surface area (Å²) in [5.74, 6) is -2.26. The second-order valence-corrected chi connectivity index (χ2v) is 10.0. The molecule has 2 fully saturated rings. The minimum Gasteiger partial charge on any atom is -0.387 e. The van der Waals surface area contributed by atoms with Crippen LogP contribution in [0.15, 0.2) is 47.6 Å². The molecular weight excluding hydrogens is 542 g/mol. The Morgan fingerprint density at radius 1 is 1.12 bits per heavy atom. The normalized spacial score (nSPS) is 23.1. The highest BCUT2D eigenvalue weighted by atomic mass is 16.7. The van der Waals surface area contributed by atoms with E-state index in [1.165, 1.54) is 0 Å². The van der Waals surface area contributed by atoms with Gasteiger partial charge in [-0.1, -0.05) is 17.3 Å². The number of non-ortho nitro benzene ring substituents is 2. The van der Waals surface area contributed by atoms with Crippen LogP contribution in [0.5, 0.6) is 0 Å². The number of anilines is 1. The third kappa shape index (κ3) is 5.39. The van der Waals surface area contributed by atoms with Crippen LogP contribution in [0.4, 0.5) is 17.1 Å². The molecule has 2 aromatic carbocycles. The zero-order valence-electron chi connectivity index (χ0n) is 21.3. The molecule has 212 valence electrons. The van der Waals surface area contributed by atoms with E-state index in [-0.39, 0.29) is 43.2 Å². The number of likely N-dealkylation sites (tertiary alicyclic amines) is 1. The monoisotopic (exact) mass is 565 g/mol. The predicted molar refractivity (Wildman–Crippen MR) is 140 cm³/mol. The second kappa shape index (κ2) is 10.3. The molecular formula is C25H23N7O9. The van der Waals surface area contributed by atoms with Crippen LogP contribution in [-0.4, -0.2) is 68.3 Å². The van der Waals surface area contributed by atoms with Gasteiger partial charge < -0.3 is 26.1 Å². The fourth-order valence-electron chi connectivity index (χ4n) is 5.20. The first-order chi connectivity index (χ1) is 19.4. The molecule has 4 amide bonds. The summed E-state index contributed by atoms with van der Waals surface area (Å²) in [4.78, 5) is 77.3. The Morgan fingerprint density at radius 3 is 2.44 bits per heavy atom. The van der Waals surface area contributed by atoms with Crippen LogP contribution in [0.25, 0.3) is 0 Å². The second-order valence-electron chi connectivity index (χ2n) is 10.0. The molecule has 3 atom stereocenters. The molecule has 16 heteroatoms. The summed E-state index contributed by atoms with van der Waals surface area (Å²) >= 11 is 0. The van der Waals surface area contributed by atoms with Crippen LogP contribution in [0.1, 0.15) is 41.6 Å². The lowest BCUT2D eigenvalue weighted by atomic mass is 9.91. The summed E-state index contributed by atoms with van der Waals surface area (Å²) in [6, 6.07) is 7.50. The van der Waals surface area contributed by atoms with E-state index >= 15 is 0 Å². The molecule has 3 aliphatic heterocycles. The summed E-state index contributed by atoms with van der Waals surface area (Å²) in [6.07, 6.45) is 0.799. The number of carbonyl (C=O) groups excluding carboxylic acids is 4. The van der Waals surface area contributed by atoms with E-state index in [4.69, 9.17) is 10.6 Å². The molecule has 3 heterocycles. The molecule has 2 saturated heterocycles. The number of nitro benzene ring substituents is 2. The highest BCUT2D eigenvalue weighted by Gasteiger charge is 2.53. The van der Waals surface area contributed by atoms with Gasteiger partial charge >= 0.3 is 0 Å². The molecule has 0 bridgehead atoms. The van der Waals surface area contributed by atoms with Gasteiger partial charge in [-0.25, -0.2) is 0 Å². The van der Waals surface area contributed by atoms with Crippen molar-refractivity contribution in [3.8, 4) is 0 Å². The number of amides is 4. The van der Waals surface area contributed by atoms with Crippen LogP contribution >= 0.6 is 0 Å². The maximum absolute atomic E-state index is 13.4. The topological polar surface area (TPSA) is 229 Å². The molecule has 1 spiro atoms. The van der Waals surface area contributed by atoms with Crippen molar-refractivity contribution in [2.45, 2.75) is 43.4 Å². The van der Waals surface area contributed by atoms with Crippen molar-refractivity contribution < 1.29 is 33.9 Å². The molecule has 2 aromatic rings. The zero-order chi connectivity index (χ0) is 29.5. The van der Waals surface area contributed by atoms with Crippen molar-refractivity contribution in [3.63, 3.8) is 0 Å². The Labute approximate surface area is 230 Å². The van der Waals surface area contributed by atoms with Crippen LogP contribution in [-0.2, 0) is 19.2 Å². The van der Waals surface area contributed by atoms with Gasteiger partial charge in [0.25, 0.3) is 17.3 Å². The number of nitrogens with zero attached hydrogens (tertiary/aromatic N) is 4. The number of oxime groups is 1. The molecule has 16 nitrogen and oxygen atoms in total. The summed E-state index contributed by atoms with van der Waals surface area (Å²) < 4.78 is 0. The SMILES string of the molecule is NC(=O)[C@H]1CC2(CC(c3cccc(NC(=O)[C@H]4CCC(=O)N4)c3)=NO2)CN1C(=O)c1cc([N+](=O)[O-])cc([N+](=O)[O-])c1. The Hall–Kier alpha value is -5.41. The van der Waals surface area contributed by atoms with E-state index in [0.29, 0.717) is 23.4 Å². The standard InChI is InChI=1S/C25H23N7O9/c26-22(34)20-11-25(12-30(20)24(36)14-7-16(31(37)38)9-17(8-14)32(39)40)10-19(29-41-25)13-2-1-3-15(6-13)27-23(35)18-4-5-21(33)28-18/h1-3,6-9,18,20H,4-5,10-12H2,(H2,26,34)(H,27,35)(H,28,33)/t18-,20-,25?/m1/s1. The number of primary amides is 1. The minimum absolute atomic E-state index is 0.0318. The van der Waals surface area contributed by atoms with Gasteiger partial charge in [0.15, 0.2) is 5.60 Å². The summed E-state index contributed by atoms with van der Waals surface area (Å²) in [5, 5.41) is 32.1. The Morgan fingerprint density at radius 2 is 1.83 bits per heavy atom. The fraction of sp³-hybridized carbons (Fsp3) is 0.320. The van der Waals surface area contributed by atoms with Gasteiger partial charge in [-0.05, 0) is 18.6 Å². The van der Waals surface area contributed by atoms with Gasteiger partial charge in [0.2, 0.25) is 17.7 Å². The van der Waals surface area contributed by atoms with Gasteiger partial charge in [0, 0.05) is 42.6 Å². The number of hydrogen-bond donors (Lipinski definition) is 3. The largest absolute Gasteiger partial charge is 0.387 e. The van der Waals surface area contributed by atoms with Crippen molar-refractivity contribution in [1.82, 2.24) is 10.2 Å². The van der Waals surface area contributed by atoms with E-state index in [9.17, 15) is 39.4 Å². The molecule has 5 rings (SSSR count). The molecule has 0 radical (unpaired) electrons. The number of nitrogens with one attached hydrogen (secondary N) is 2. The van der Waals surface area contributed by atoms with Gasteiger partial charge in [-0.2, -0.15) is 0 Å². The van der Waals surface area contributed by atoms with E-state index in [1.807, 2.05) is 0 Å². The number of rotatable bonds is 7. The number of nitrogens with two attached hydrogens (primary N) is 1. The minimum atomic E-state index is -1.16. The molecule has 0 aromatic heterocycles. The van der Waals surface area contributed by atoms with E-state index in [0.717, 1.165) is 23.1 Å².